The minimum absolute atomic E-state index is 0.124. The summed E-state index contributed by atoms with van der Waals surface area (Å²) in [5, 5.41) is 0.927. The van der Waals surface area contributed by atoms with Crippen LogP contribution in [0.5, 0.6) is 0 Å². The average molecular weight is 363 g/mol. The summed E-state index contributed by atoms with van der Waals surface area (Å²) in [5.74, 6) is 0.124. The van der Waals surface area contributed by atoms with Gasteiger partial charge in [0.25, 0.3) is 5.91 Å². The van der Waals surface area contributed by atoms with Crippen LogP contribution in [0.2, 0.25) is 0 Å². The predicted molar refractivity (Wildman–Crippen MR) is 78.9 cm³/mol. The summed E-state index contributed by atoms with van der Waals surface area (Å²) in [5.41, 5.74) is 1.81. The Hall–Kier alpha value is -0.350. The first-order valence-corrected chi connectivity index (χ1v) is 7.63. The van der Waals surface area contributed by atoms with Crippen molar-refractivity contribution in [2.24, 2.45) is 0 Å². The third-order valence-corrected chi connectivity index (χ3v) is 3.70. The van der Waals surface area contributed by atoms with Gasteiger partial charge in [0, 0.05) is 28.5 Å². The molecule has 1 aromatic rings. The highest BCUT2D eigenvalue weighted by molar-refractivity contribution is 9.10. The Morgan fingerprint density at radius 3 is 2.65 bits per heavy atom. The molecule has 0 atom stereocenters. The first-order valence-electron chi connectivity index (χ1n) is 5.71. The van der Waals surface area contributed by atoms with Crippen molar-refractivity contribution in [1.82, 2.24) is 4.90 Å². The molecule has 17 heavy (non-hydrogen) atoms. The molecule has 0 aliphatic carbocycles. The number of rotatable bonds is 5. The number of nitrogens with zero attached hydrogens (tertiary/aromatic N) is 1. The first-order chi connectivity index (χ1) is 8.10. The second-order valence-electron chi connectivity index (χ2n) is 3.89. The summed E-state index contributed by atoms with van der Waals surface area (Å²) in [6, 6.07) is 5.78. The minimum Gasteiger partial charge on any atom is -0.339 e. The highest BCUT2D eigenvalue weighted by Gasteiger charge is 2.15. The van der Waals surface area contributed by atoms with Crippen LogP contribution in [0.1, 0.15) is 29.3 Å². The summed E-state index contributed by atoms with van der Waals surface area (Å²) >= 11 is 6.80. The fourth-order valence-corrected chi connectivity index (χ4v) is 2.42. The number of carbonyl (C=O) groups is 1. The van der Waals surface area contributed by atoms with Crippen LogP contribution in [0.25, 0.3) is 0 Å². The molecule has 0 radical (unpaired) electrons. The van der Waals surface area contributed by atoms with Gasteiger partial charge in [0.15, 0.2) is 0 Å². The highest BCUT2D eigenvalue weighted by atomic mass is 79.9. The van der Waals surface area contributed by atoms with Gasteiger partial charge >= 0.3 is 0 Å². The number of benzene rings is 1. The molecule has 2 nitrogen and oxygen atoms in total. The van der Waals surface area contributed by atoms with Gasteiger partial charge in [-0.2, -0.15) is 0 Å². The van der Waals surface area contributed by atoms with E-state index < -0.39 is 0 Å². The molecular formula is C13H17Br2NO. The Labute approximate surface area is 120 Å². The molecule has 0 unspecified atom stereocenters. The second kappa shape index (κ2) is 7.17. The standard InChI is InChI=1S/C13H17Br2NO/c1-3-16(8-4-7-14)13(17)12-6-5-11(15)9-10(12)2/h5-6,9H,3-4,7-8H2,1-2H3. The SMILES string of the molecule is CCN(CCCBr)C(=O)c1ccc(Br)cc1C. The molecule has 1 amide bonds. The number of halogens is 2. The van der Waals surface area contributed by atoms with Crippen molar-refractivity contribution in [1.29, 1.82) is 0 Å². The van der Waals surface area contributed by atoms with Gasteiger partial charge in [-0.25, -0.2) is 0 Å². The maximum absolute atomic E-state index is 12.3. The van der Waals surface area contributed by atoms with Gasteiger partial charge in [0.1, 0.15) is 0 Å². The molecule has 0 aliphatic rings. The van der Waals surface area contributed by atoms with Crippen molar-refractivity contribution < 1.29 is 4.79 Å². The quantitative estimate of drug-likeness (QED) is 0.725. The molecular weight excluding hydrogens is 346 g/mol. The van der Waals surface area contributed by atoms with Crippen LogP contribution in [-0.4, -0.2) is 29.2 Å². The van der Waals surface area contributed by atoms with Crippen molar-refractivity contribution in [3.8, 4) is 0 Å². The summed E-state index contributed by atoms with van der Waals surface area (Å²) in [6.45, 7) is 5.54. The van der Waals surface area contributed by atoms with E-state index in [1.54, 1.807) is 0 Å². The van der Waals surface area contributed by atoms with Crippen molar-refractivity contribution in [2.45, 2.75) is 20.3 Å². The number of hydrogen-bond acceptors (Lipinski definition) is 1. The van der Waals surface area contributed by atoms with Crippen LogP contribution in [0.15, 0.2) is 22.7 Å². The first kappa shape index (κ1) is 14.7. The molecule has 0 aliphatic heterocycles. The highest BCUT2D eigenvalue weighted by Crippen LogP contribution is 2.17. The van der Waals surface area contributed by atoms with Crippen LogP contribution in [0, 0.1) is 6.92 Å². The van der Waals surface area contributed by atoms with Crippen molar-refractivity contribution in [2.75, 3.05) is 18.4 Å². The van der Waals surface area contributed by atoms with E-state index in [2.05, 4.69) is 31.9 Å². The summed E-state index contributed by atoms with van der Waals surface area (Å²) in [6.07, 6.45) is 0.981. The normalized spacial score (nSPS) is 10.4. The van der Waals surface area contributed by atoms with E-state index in [0.717, 1.165) is 40.4 Å². The second-order valence-corrected chi connectivity index (χ2v) is 5.60. The number of aryl methyl sites for hydroxylation is 1. The van der Waals surface area contributed by atoms with Gasteiger partial charge in [0.2, 0.25) is 0 Å². The molecule has 0 aromatic heterocycles. The zero-order valence-corrected chi connectivity index (χ0v) is 13.3. The van der Waals surface area contributed by atoms with Crippen LogP contribution < -0.4 is 0 Å². The third kappa shape index (κ3) is 4.11. The lowest BCUT2D eigenvalue weighted by Crippen LogP contribution is -2.32. The number of amides is 1. The van der Waals surface area contributed by atoms with Gasteiger partial charge in [0.05, 0.1) is 0 Å². The Kier molecular flexibility index (Phi) is 6.20. The zero-order chi connectivity index (χ0) is 12.8. The number of alkyl halides is 1. The van der Waals surface area contributed by atoms with E-state index >= 15 is 0 Å². The maximum Gasteiger partial charge on any atom is 0.254 e. The number of carbonyl (C=O) groups excluding carboxylic acids is 1. The van der Waals surface area contributed by atoms with Gasteiger partial charge in [-0.1, -0.05) is 31.9 Å². The van der Waals surface area contributed by atoms with Crippen molar-refractivity contribution >= 4 is 37.8 Å². The molecule has 0 heterocycles. The molecule has 94 valence electrons. The zero-order valence-electron chi connectivity index (χ0n) is 10.2. The fourth-order valence-electron chi connectivity index (χ4n) is 1.69. The molecule has 1 rings (SSSR count). The van der Waals surface area contributed by atoms with E-state index in [1.165, 1.54) is 0 Å². The van der Waals surface area contributed by atoms with Crippen LogP contribution in [0.3, 0.4) is 0 Å². The van der Waals surface area contributed by atoms with Gasteiger partial charge in [-0.05, 0) is 44.0 Å². The Morgan fingerprint density at radius 2 is 2.12 bits per heavy atom. The molecule has 0 fully saturated rings. The van der Waals surface area contributed by atoms with Crippen LogP contribution in [0.4, 0.5) is 0 Å². The van der Waals surface area contributed by atoms with Gasteiger partial charge < -0.3 is 4.90 Å². The minimum atomic E-state index is 0.124. The molecule has 0 saturated carbocycles. The van der Waals surface area contributed by atoms with Gasteiger partial charge in [-0.3, -0.25) is 4.79 Å². The molecule has 1 aromatic carbocycles. The van der Waals surface area contributed by atoms with E-state index in [-0.39, 0.29) is 5.91 Å². The van der Waals surface area contributed by atoms with Crippen LogP contribution in [-0.2, 0) is 0 Å². The van der Waals surface area contributed by atoms with E-state index in [0.29, 0.717) is 0 Å². The van der Waals surface area contributed by atoms with Crippen molar-refractivity contribution in [3.63, 3.8) is 0 Å². The van der Waals surface area contributed by atoms with Crippen molar-refractivity contribution in [3.05, 3.63) is 33.8 Å². The molecule has 4 heteroatoms. The number of hydrogen-bond donors (Lipinski definition) is 0. The molecule has 0 N–H and O–H groups in total. The predicted octanol–water partition coefficient (Wildman–Crippen LogP) is 4.00. The molecule has 0 spiro atoms. The van der Waals surface area contributed by atoms with E-state index in [1.807, 2.05) is 36.9 Å². The lowest BCUT2D eigenvalue weighted by atomic mass is 10.1. The summed E-state index contributed by atoms with van der Waals surface area (Å²) in [4.78, 5) is 14.2. The average Bonchev–Trinajstić information content (AvgIpc) is 2.29. The lowest BCUT2D eigenvalue weighted by Gasteiger charge is -2.21. The summed E-state index contributed by atoms with van der Waals surface area (Å²) in [7, 11) is 0. The largest absolute Gasteiger partial charge is 0.339 e. The lowest BCUT2D eigenvalue weighted by molar-refractivity contribution is 0.0764. The Balaban J connectivity index is 2.86. The van der Waals surface area contributed by atoms with Gasteiger partial charge in [-0.15, -0.1) is 0 Å². The van der Waals surface area contributed by atoms with E-state index in [4.69, 9.17) is 0 Å². The smallest absolute Gasteiger partial charge is 0.254 e. The van der Waals surface area contributed by atoms with Crippen LogP contribution >= 0.6 is 31.9 Å². The fraction of sp³-hybridized carbons (Fsp3) is 0.462. The molecule has 0 saturated heterocycles. The Bertz CT molecular complexity index is 393. The maximum atomic E-state index is 12.3. The Morgan fingerprint density at radius 1 is 1.41 bits per heavy atom. The monoisotopic (exact) mass is 361 g/mol. The third-order valence-electron chi connectivity index (χ3n) is 2.65. The van der Waals surface area contributed by atoms with E-state index in [9.17, 15) is 4.79 Å². The topological polar surface area (TPSA) is 20.3 Å². The molecule has 0 bridgehead atoms. The summed E-state index contributed by atoms with van der Waals surface area (Å²) < 4.78 is 1.01.